The van der Waals surface area contributed by atoms with Gasteiger partial charge < -0.3 is 9.97 Å². The number of benzene rings is 1. The Labute approximate surface area is 81.1 Å². The molecule has 3 heteroatoms. The summed E-state index contributed by atoms with van der Waals surface area (Å²) in [5, 5.41) is 0. The summed E-state index contributed by atoms with van der Waals surface area (Å²) in [6, 6.07) is 9.91. The molecule has 0 saturated heterocycles. The highest BCUT2D eigenvalue weighted by Gasteiger charge is 1.89. The van der Waals surface area contributed by atoms with Crippen LogP contribution in [0, 0.1) is 0 Å². The first-order valence-corrected chi connectivity index (χ1v) is 4.35. The Balaban J connectivity index is 2.19. The van der Waals surface area contributed by atoms with Gasteiger partial charge in [-0.05, 0) is 11.6 Å². The smallest absolute Gasteiger partial charge is 0.312 e. The molecule has 2 N–H and O–H groups in total. The Kier molecular flexibility index (Phi) is 2.32. The molecular formula is C11H10N2O. The highest BCUT2D eigenvalue weighted by molar-refractivity contribution is 5.67. The van der Waals surface area contributed by atoms with Crippen molar-refractivity contribution in [2.24, 2.45) is 0 Å². The highest BCUT2D eigenvalue weighted by atomic mass is 16.1. The lowest BCUT2D eigenvalue weighted by atomic mass is 10.2. The van der Waals surface area contributed by atoms with Gasteiger partial charge in [0.05, 0.1) is 5.69 Å². The molecule has 0 unspecified atom stereocenters. The molecule has 0 saturated carbocycles. The van der Waals surface area contributed by atoms with E-state index >= 15 is 0 Å². The van der Waals surface area contributed by atoms with Gasteiger partial charge in [0, 0.05) is 6.20 Å². The Hall–Kier alpha value is -2.03. The van der Waals surface area contributed by atoms with E-state index in [0.29, 0.717) is 0 Å². The molecular weight excluding hydrogens is 176 g/mol. The Morgan fingerprint density at radius 3 is 2.50 bits per heavy atom. The average molecular weight is 186 g/mol. The summed E-state index contributed by atoms with van der Waals surface area (Å²) in [6.07, 6.45) is 5.44. The van der Waals surface area contributed by atoms with E-state index in [1.165, 1.54) is 0 Å². The summed E-state index contributed by atoms with van der Waals surface area (Å²) < 4.78 is 0. The largest absolute Gasteiger partial charge is 0.323 e. The molecule has 0 spiro atoms. The van der Waals surface area contributed by atoms with Crippen LogP contribution in [0.2, 0.25) is 0 Å². The van der Waals surface area contributed by atoms with Crippen LogP contribution in [0.1, 0.15) is 11.3 Å². The van der Waals surface area contributed by atoms with Crippen LogP contribution in [-0.4, -0.2) is 9.97 Å². The molecule has 14 heavy (non-hydrogen) atoms. The molecule has 0 aliphatic carbocycles. The molecule has 0 aliphatic rings. The van der Waals surface area contributed by atoms with E-state index in [4.69, 9.17) is 0 Å². The monoisotopic (exact) mass is 186 g/mol. The van der Waals surface area contributed by atoms with Gasteiger partial charge in [-0.2, -0.15) is 0 Å². The van der Waals surface area contributed by atoms with E-state index in [2.05, 4.69) is 9.97 Å². The normalized spacial score (nSPS) is 10.9. The van der Waals surface area contributed by atoms with Gasteiger partial charge in [-0.1, -0.05) is 36.4 Å². The number of hydrogen-bond donors (Lipinski definition) is 2. The third-order valence-electron chi connectivity index (χ3n) is 1.87. The van der Waals surface area contributed by atoms with Crippen LogP contribution in [0.4, 0.5) is 0 Å². The molecule has 3 nitrogen and oxygen atoms in total. The van der Waals surface area contributed by atoms with Gasteiger partial charge in [0.1, 0.15) is 0 Å². The Morgan fingerprint density at radius 2 is 1.86 bits per heavy atom. The second-order valence-electron chi connectivity index (χ2n) is 2.94. The van der Waals surface area contributed by atoms with Gasteiger partial charge >= 0.3 is 5.69 Å². The number of aromatic amines is 2. The lowest BCUT2D eigenvalue weighted by Gasteiger charge is -1.89. The van der Waals surface area contributed by atoms with Crippen molar-refractivity contribution >= 4 is 12.2 Å². The van der Waals surface area contributed by atoms with Crippen LogP contribution in [0.3, 0.4) is 0 Å². The molecule has 70 valence electrons. The fraction of sp³-hybridized carbons (Fsp3) is 0. The third-order valence-corrected chi connectivity index (χ3v) is 1.87. The molecule has 0 fully saturated rings. The van der Waals surface area contributed by atoms with E-state index in [1.54, 1.807) is 6.20 Å². The van der Waals surface area contributed by atoms with E-state index < -0.39 is 0 Å². The van der Waals surface area contributed by atoms with Gasteiger partial charge in [-0.15, -0.1) is 0 Å². The fourth-order valence-electron chi connectivity index (χ4n) is 1.19. The third kappa shape index (κ3) is 2.01. The van der Waals surface area contributed by atoms with Crippen molar-refractivity contribution in [3.8, 4) is 0 Å². The standard InChI is InChI=1S/C11H10N2O/c14-11-12-8-10(13-11)7-6-9-4-2-1-3-5-9/h1-8H,(H2,12,13,14)/b7-6+. The molecule has 0 atom stereocenters. The molecule has 0 amide bonds. The first-order valence-electron chi connectivity index (χ1n) is 4.35. The topological polar surface area (TPSA) is 48.6 Å². The van der Waals surface area contributed by atoms with Crippen molar-refractivity contribution in [1.82, 2.24) is 9.97 Å². The summed E-state index contributed by atoms with van der Waals surface area (Å²) in [4.78, 5) is 15.9. The van der Waals surface area contributed by atoms with E-state index in [-0.39, 0.29) is 5.69 Å². The maximum atomic E-state index is 10.8. The zero-order valence-corrected chi connectivity index (χ0v) is 7.53. The molecule has 0 radical (unpaired) electrons. The maximum Gasteiger partial charge on any atom is 0.323 e. The first-order chi connectivity index (χ1) is 6.84. The number of nitrogens with one attached hydrogen (secondary N) is 2. The van der Waals surface area contributed by atoms with Crippen LogP contribution in [-0.2, 0) is 0 Å². The molecule has 1 aromatic carbocycles. The van der Waals surface area contributed by atoms with Crippen LogP contribution in [0.25, 0.3) is 12.2 Å². The van der Waals surface area contributed by atoms with Gasteiger partial charge in [-0.3, -0.25) is 0 Å². The van der Waals surface area contributed by atoms with Gasteiger partial charge in [0.2, 0.25) is 0 Å². The zero-order chi connectivity index (χ0) is 9.80. The summed E-state index contributed by atoms with van der Waals surface area (Å²) in [7, 11) is 0. The second-order valence-corrected chi connectivity index (χ2v) is 2.94. The predicted molar refractivity (Wildman–Crippen MR) is 56.8 cm³/mol. The quantitative estimate of drug-likeness (QED) is 0.739. The summed E-state index contributed by atoms with van der Waals surface area (Å²) >= 11 is 0. The second kappa shape index (κ2) is 3.79. The molecule has 1 aromatic heterocycles. The fourth-order valence-corrected chi connectivity index (χ4v) is 1.19. The minimum atomic E-state index is -0.183. The number of hydrogen-bond acceptors (Lipinski definition) is 1. The predicted octanol–water partition coefficient (Wildman–Crippen LogP) is 1.87. The zero-order valence-electron chi connectivity index (χ0n) is 7.53. The minimum Gasteiger partial charge on any atom is -0.312 e. The SMILES string of the molecule is O=c1[nH]cc(/C=C/c2ccccc2)[nH]1. The van der Waals surface area contributed by atoms with Gasteiger partial charge in [-0.25, -0.2) is 4.79 Å². The highest BCUT2D eigenvalue weighted by Crippen LogP contribution is 2.03. The van der Waals surface area contributed by atoms with Crippen molar-refractivity contribution < 1.29 is 0 Å². The number of aromatic nitrogens is 2. The number of H-pyrrole nitrogens is 2. The number of imidazole rings is 1. The van der Waals surface area contributed by atoms with Crippen LogP contribution in [0.5, 0.6) is 0 Å². The summed E-state index contributed by atoms with van der Waals surface area (Å²) in [6.45, 7) is 0. The Morgan fingerprint density at radius 1 is 1.07 bits per heavy atom. The number of rotatable bonds is 2. The summed E-state index contributed by atoms with van der Waals surface area (Å²) in [5.41, 5.74) is 1.70. The molecule has 2 aromatic rings. The van der Waals surface area contributed by atoms with Crippen molar-refractivity contribution in [2.45, 2.75) is 0 Å². The molecule has 1 heterocycles. The van der Waals surface area contributed by atoms with Crippen LogP contribution < -0.4 is 5.69 Å². The minimum absolute atomic E-state index is 0.183. The van der Waals surface area contributed by atoms with E-state index in [1.807, 2.05) is 42.5 Å². The molecule has 0 aliphatic heterocycles. The summed E-state index contributed by atoms with van der Waals surface area (Å²) in [5.74, 6) is 0. The van der Waals surface area contributed by atoms with Gasteiger partial charge in [0.15, 0.2) is 0 Å². The van der Waals surface area contributed by atoms with Crippen molar-refractivity contribution in [1.29, 1.82) is 0 Å². The Bertz CT molecular complexity index is 479. The lowest BCUT2D eigenvalue weighted by Crippen LogP contribution is -1.99. The van der Waals surface area contributed by atoms with Crippen molar-refractivity contribution in [3.63, 3.8) is 0 Å². The van der Waals surface area contributed by atoms with Crippen LogP contribution in [0.15, 0.2) is 41.3 Å². The maximum absolute atomic E-state index is 10.8. The van der Waals surface area contributed by atoms with Crippen molar-refractivity contribution in [2.75, 3.05) is 0 Å². The van der Waals surface area contributed by atoms with E-state index in [9.17, 15) is 4.79 Å². The van der Waals surface area contributed by atoms with Gasteiger partial charge in [0.25, 0.3) is 0 Å². The van der Waals surface area contributed by atoms with Crippen molar-refractivity contribution in [3.05, 3.63) is 58.3 Å². The van der Waals surface area contributed by atoms with Crippen LogP contribution >= 0.6 is 0 Å². The first kappa shape index (κ1) is 8.56. The molecule has 2 rings (SSSR count). The average Bonchev–Trinajstić information content (AvgIpc) is 2.63. The lowest BCUT2D eigenvalue weighted by molar-refractivity contribution is 1.18. The molecule has 0 bridgehead atoms. The van der Waals surface area contributed by atoms with E-state index in [0.717, 1.165) is 11.3 Å².